The number of nitrogens with zero attached hydrogens (tertiary/aromatic N) is 4. The standard InChI is InChI=1S/C23H25N5O/c1-2-28(20-8-4-3-5-9-20)23(29)21-16-25-22(17-24-21)26-18-10-12-19(13-11-18)27-14-6-7-15-27/h3-5,8-13,16-17H,2,6-7,14-15H2,1H3,(H,25,26). The first-order chi connectivity index (χ1) is 14.2. The molecule has 0 aliphatic carbocycles. The summed E-state index contributed by atoms with van der Waals surface area (Å²) < 4.78 is 0. The Kier molecular flexibility index (Phi) is 5.70. The Bertz CT molecular complexity index is 935. The van der Waals surface area contributed by atoms with Gasteiger partial charge in [-0.2, -0.15) is 0 Å². The first-order valence-electron chi connectivity index (χ1n) is 10.1. The van der Waals surface area contributed by atoms with E-state index in [4.69, 9.17) is 0 Å². The van der Waals surface area contributed by atoms with Gasteiger partial charge in [0, 0.05) is 36.7 Å². The summed E-state index contributed by atoms with van der Waals surface area (Å²) in [4.78, 5) is 25.6. The Morgan fingerprint density at radius 3 is 2.34 bits per heavy atom. The highest BCUT2D eigenvalue weighted by atomic mass is 16.2. The second kappa shape index (κ2) is 8.73. The molecule has 6 nitrogen and oxygen atoms in total. The van der Waals surface area contributed by atoms with Gasteiger partial charge in [-0.1, -0.05) is 18.2 Å². The molecule has 1 aliphatic heterocycles. The number of carbonyl (C=O) groups is 1. The van der Waals surface area contributed by atoms with E-state index in [9.17, 15) is 4.79 Å². The Hall–Kier alpha value is -3.41. The smallest absolute Gasteiger partial charge is 0.278 e. The van der Waals surface area contributed by atoms with Crippen molar-refractivity contribution in [2.75, 3.05) is 34.8 Å². The maximum absolute atomic E-state index is 12.8. The fraction of sp³-hybridized carbons (Fsp3) is 0.261. The molecule has 1 aliphatic rings. The lowest BCUT2D eigenvalue weighted by molar-refractivity contribution is 0.0983. The number of amides is 1. The van der Waals surface area contributed by atoms with E-state index in [0.717, 1.165) is 24.5 Å². The molecule has 3 aromatic rings. The van der Waals surface area contributed by atoms with Crippen LogP contribution in [-0.4, -0.2) is 35.5 Å². The van der Waals surface area contributed by atoms with Gasteiger partial charge in [-0.3, -0.25) is 4.79 Å². The number of benzene rings is 2. The number of hydrogen-bond donors (Lipinski definition) is 1. The third kappa shape index (κ3) is 4.37. The third-order valence-corrected chi connectivity index (χ3v) is 5.11. The summed E-state index contributed by atoms with van der Waals surface area (Å²) in [5, 5.41) is 3.25. The fourth-order valence-corrected chi connectivity index (χ4v) is 3.57. The van der Waals surface area contributed by atoms with Crippen LogP contribution in [0.1, 0.15) is 30.3 Å². The second-order valence-electron chi connectivity index (χ2n) is 7.04. The molecule has 0 radical (unpaired) electrons. The average Bonchev–Trinajstić information content (AvgIpc) is 3.31. The van der Waals surface area contributed by atoms with E-state index < -0.39 is 0 Å². The zero-order valence-corrected chi connectivity index (χ0v) is 16.6. The topological polar surface area (TPSA) is 61.4 Å². The van der Waals surface area contributed by atoms with Crippen molar-refractivity contribution in [1.82, 2.24) is 9.97 Å². The molecule has 0 unspecified atom stereocenters. The van der Waals surface area contributed by atoms with Gasteiger partial charge in [-0.25, -0.2) is 9.97 Å². The minimum absolute atomic E-state index is 0.160. The molecule has 0 spiro atoms. The van der Waals surface area contributed by atoms with Crippen LogP contribution in [0.15, 0.2) is 67.0 Å². The van der Waals surface area contributed by atoms with Crippen LogP contribution in [0.25, 0.3) is 0 Å². The van der Waals surface area contributed by atoms with Crippen LogP contribution in [0.5, 0.6) is 0 Å². The molecule has 2 aromatic carbocycles. The van der Waals surface area contributed by atoms with Crippen molar-refractivity contribution >= 4 is 28.8 Å². The highest BCUT2D eigenvalue weighted by Gasteiger charge is 2.17. The van der Waals surface area contributed by atoms with E-state index in [0.29, 0.717) is 18.1 Å². The van der Waals surface area contributed by atoms with Crippen LogP contribution < -0.4 is 15.1 Å². The SMILES string of the molecule is CCN(C(=O)c1cnc(Nc2ccc(N3CCCC3)cc2)cn1)c1ccccc1. The summed E-state index contributed by atoms with van der Waals surface area (Å²) in [5.74, 6) is 0.450. The average molecular weight is 387 g/mol. The van der Waals surface area contributed by atoms with Crippen molar-refractivity contribution in [2.24, 2.45) is 0 Å². The minimum atomic E-state index is -0.160. The lowest BCUT2D eigenvalue weighted by atomic mass is 10.2. The molecule has 0 bridgehead atoms. The maximum atomic E-state index is 12.8. The number of anilines is 4. The van der Waals surface area contributed by atoms with Crippen LogP contribution in [0.4, 0.5) is 22.9 Å². The Labute approximate surface area is 171 Å². The van der Waals surface area contributed by atoms with Gasteiger partial charge >= 0.3 is 0 Å². The van der Waals surface area contributed by atoms with Crippen molar-refractivity contribution < 1.29 is 4.79 Å². The zero-order valence-electron chi connectivity index (χ0n) is 16.6. The number of nitrogens with one attached hydrogen (secondary N) is 1. The molecule has 148 valence electrons. The van der Waals surface area contributed by atoms with Gasteiger partial charge in [0.15, 0.2) is 0 Å². The summed E-state index contributed by atoms with van der Waals surface area (Å²) in [6, 6.07) is 17.9. The van der Waals surface area contributed by atoms with Crippen LogP contribution in [0.3, 0.4) is 0 Å². The molecule has 1 saturated heterocycles. The highest BCUT2D eigenvalue weighted by molar-refractivity contribution is 6.04. The Balaban J connectivity index is 1.43. The van der Waals surface area contributed by atoms with Gasteiger partial charge in [0.25, 0.3) is 5.91 Å². The van der Waals surface area contributed by atoms with Crippen molar-refractivity contribution in [1.29, 1.82) is 0 Å². The summed E-state index contributed by atoms with van der Waals surface area (Å²) in [6.07, 6.45) is 5.65. The largest absolute Gasteiger partial charge is 0.372 e. The van der Waals surface area contributed by atoms with Crippen LogP contribution >= 0.6 is 0 Å². The number of carbonyl (C=O) groups excluding carboxylic acids is 1. The molecule has 0 atom stereocenters. The molecule has 1 N–H and O–H groups in total. The summed E-state index contributed by atoms with van der Waals surface area (Å²) in [6.45, 7) is 4.77. The highest BCUT2D eigenvalue weighted by Crippen LogP contribution is 2.23. The zero-order chi connectivity index (χ0) is 20.1. The molecule has 1 aromatic heterocycles. The first-order valence-corrected chi connectivity index (χ1v) is 10.1. The fourth-order valence-electron chi connectivity index (χ4n) is 3.57. The number of hydrogen-bond acceptors (Lipinski definition) is 5. The van der Waals surface area contributed by atoms with Crippen molar-refractivity contribution in [3.8, 4) is 0 Å². The normalized spacial score (nSPS) is 13.3. The second-order valence-corrected chi connectivity index (χ2v) is 7.04. The molecule has 29 heavy (non-hydrogen) atoms. The van der Waals surface area contributed by atoms with E-state index in [2.05, 4.69) is 32.3 Å². The molecular formula is C23H25N5O. The molecule has 0 saturated carbocycles. The van der Waals surface area contributed by atoms with Crippen LogP contribution in [0.2, 0.25) is 0 Å². The van der Waals surface area contributed by atoms with Gasteiger partial charge in [0.1, 0.15) is 11.5 Å². The van der Waals surface area contributed by atoms with Gasteiger partial charge in [-0.15, -0.1) is 0 Å². The predicted octanol–water partition coefficient (Wildman–Crippen LogP) is 4.49. The third-order valence-electron chi connectivity index (χ3n) is 5.11. The van der Waals surface area contributed by atoms with Crippen LogP contribution in [0, 0.1) is 0 Å². The summed E-state index contributed by atoms with van der Waals surface area (Å²) >= 11 is 0. The molecule has 1 fully saturated rings. The van der Waals surface area contributed by atoms with E-state index in [1.165, 1.54) is 24.7 Å². The number of aromatic nitrogens is 2. The van der Waals surface area contributed by atoms with Crippen molar-refractivity contribution in [3.05, 3.63) is 72.7 Å². The van der Waals surface area contributed by atoms with E-state index in [1.54, 1.807) is 11.1 Å². The van der Waals surface area contributed by atoms with Crippen molar-refractivity contribution in [2.45, 2.75) is 19.8 Å². The van der Waals surface area contributed by atoms with Gasteiger partial charge in [-0.05, 0) is 56.2 Å². The van der Waals surface area contributed by atoms with Crippen molar-refractivity contribution in [3.63, 3.8) is 0 Å². The van der Waals surface area contributed by atoms with E-state index in [-0.39, 0.29) is 5.91 Å². The van der Waals surface area contributed by atoms with Gasteiger partial charge < -0.3 is 15.1 Å². The lowest BCUT2D eigenvalue weighted by Crippen LogP contribution is -2.31. The molecular weight excluding hydrogens is 362 g/mol. The molecule has 1 amide bonds. The monoisotopic (exact) mass is 387 g/mol. The number of rotatable bonds is 6. The van der Waals surface area contributed by atoms with E-state index in [1.807, 2.05) is 49.4 Å². The summed E-state index contributed by atoms with van der Waals surface area (Å²) in [7, 11) is 0. The van der Waals surface area contributed by atoms with E-state index >= 15 is 0 Å². The molecule has 6 heteroatoms. The quantitative estimate of drug-likeness (QED) is 0.675. The van der Waals surface area contributed by atoms with Crippen LogP contribution in [-0.2, 0) is 0 Å². The minimum Gasteiger partial charge on any atom is -0.372 e. The molecule has 2 heterocycles. The molecule has 4 rings (SSSR count). The Morgan fingerprint density at radius 2 is 1.72 bits per heavy atom. The first kappa shape index (κ1) is 18.9. The number of para-hydroxylation sites is 1. The Morgan fingerprint density at radius 1 is 1.00 bits per heavy atom. The maximum Gasteiger partial charge on any atom is 0.278 e. The van der Waals surface area contributed by atoms with Gasteiger partial charge in [0.2, 0.25) is 0 Å². The predicted molar refractivity (Wildman–Crippen MR) is 117 cm³/mol. The summed E-state index contributed by atoms with van der Waals surface area (Å²) in [5.41, 5.74) is 3.37. The van der Waals surface area contributed by atoms with Gasteiger partial charge in [0.05, 0.1) is 12.4 Å². The lowest BCUT2D eigenvalue weighted by Gasteiger charge is -2.20.